The minimum atomic E-state index is -0.292. The van der Waals surface area contributed by atoms with Crippen molar-refractivity contribution in [2.45, 2.75) is 11.5 Å². The van der Waals surface area contributed by atoms with E-state index in [0.29, 0.717) is 0 Å². The summed E-state index contributed by atoms with van der Waals surface area (Å²) in [4.78, 5) is 0. The van der Waals surface area contributed by atoms with Crippen molar-refractivity contribution >= 4 is 26.9 Å². The standard InChI is InChI=1S/C2H10Ge2/c1-4(2)3/h4H,1-3H3. The van der Waals surface area contributed by atoms with Gasteiger partial charge in [-0.3, -0.25) is 0 Å². The van der Waals surface area contributed by atoms with Crippen LogP contribution in [0.1, 0.15) is 0 Å². The molecule has 0 heterocycles. The van der Waals surface area contributed by atoms with Crippen LogP contribution in [0.5, 0.6) is 0 Å². The number of hydrogen-bond donors (Lipinski definition) is 0. The molecule has 4 heavy (non-hydrogen) atoms. The Balaban J connectivity index is 2.32. The monoisotopic (exact) mass is 182 g/mol. The molecular formula is C2H10Ge2. The second-order valence-corrected chi connectivity index (χ2v) is 34.2. The van der Waals surface area contributed by atoms with Crippen LogP contribution in [-0.2, 0) is 0 Å². The summed E-state index contributed by atoms with van der Waals surface area (Å²) in [7, 11) is 0. The van der Waals surface area contributed by atoms with Gasteiger partial charge in [-0.25, -0.2) is 0 Å². The maximum absolute atomic E-state index is 2.44. The van der Waals surface area contributed by atoms with Gasteiger partial charge in [0.25, 0.3) is 0 Å². The van der Waals surface area contributed by atoms with Crippen LogP contribution < -0.4 is 0 Å². The molecule has 26 valence electrons. The summed E-state index contributed by atoms with van der Waals surface area (Å²) >= 11 is 0.958. The fraction of sp³-hybridized carbons (Fsp3) is 1.00. The molecule has 2 heteroatoms. The van der Waals surface area contributed by atoms with E-state index < -0.39 is 0 Å². The van der Waals surface area contributed by atoms with Gasteiger partial charge >= 0.3 is 38.4 Å². The fourth-order valence-electron chi connectivity index (χ4n) is 0. The zero-order valence-electron chi connectivity index (χ0n) is 3.58. The van der Waals surface area contributed by atoms with Crippen LogP contribution in [0, 0.1) is 0 Å². The molecule has 0 fully saturated rings. The van der Waals surface area contributed by atoms with Gasteiger partial charge in [0.1, 0.15) is 0 Å². The summed E-state index contributed by atoms with van der Waals surface area (Å²) in [6, 6.07) is 0. The summed E-state index contributed by atoms with van der Waals surface area (Å²) in [6.45, 7) is 0. The third-order valence-corrected chi connectivity index (χ3v) is 0. The molecule has 0 nitrogen and oxygen atoms in total. The van der Waals surface area contributed by atoms with E-state index in [1.54, 1.807) is 0 Å². The summed E-state index contributed by atoms with van der Waals surface area (Å²) in [5.74, 6) is 4.88. The predicted molar refractivity (Wildman–Crippen MR) is 28.8 cm³/mol. The first-order valence-corrected chi connectivity index (χ1v) is 21.6. The van der Waals surface area contributed by atoms with E-state index in [0.717, 1.165) is 0 Å². The second kappa shape index (κ2) is 2.33. The molecule has 0 spiro atoms. The van der Waals surface area contributed by atoms with Crippen molar-refractivity contribution in [1.82, 2.24) is 0 Å². The van der Waals surface area contributed by atoms with Crippen LogP contribution in [0.15, 0.2) is 0 Å². The van der Waals surface area contributed by atoms with E-state index in [1.807, 2.05) is 0 Å². The Labute approximate surface area is 38.7 Å². The van der Waals surface area contributed by atoms with Gasteiger partial charge in [0.15, 0.2) is 0 Å². The summed E-state index contributed by atoms with van der Waals surface area (Å²) in [6.07, 6.45) is 0. The van der Waals surface area contributed by atoms with Crippen molar-refractivity contribution in [3.8, 4) is 0 Å². The van der Waals surface area contributed by atoms with E-state index in [1.165, 1.54) is 14.5 Å². The topological polar surface area (TPSA) is 0 Å². The molecule has 0 saturated carbocycles. The summed E-state index contributed by atoms with van der Waals surface area (Å²) in [5, 5.41) is 0. The number of rotatable bonds is 0. The first-order valence-electron chi connectivity index (χ1n) is 1.73. The van der Waals surface area contributed by atoms with Crippen molar-refractivity contribution in [2.75, 3.05) is 0 Å². The van der Waals surface area contributed by atoms with E-state index in [-0.39, 0.29) is 12.4 Å². The molecule has 0 aliphatic rings. The number of hydrogen-bond acceptors (Lipinski definition) is 0. The van der Waals surface area contributed by atoms with Gasteiger partial charge < -0.3 is 0 Å². The Morgan fingerprint density at radius 3 is 1.50 bits per heavy atom. The Morgan fingerprint density at radius 1 is 1.50 bits per heavy atom. The van der Waals surface area contributed by atoms with E-state index >= 15 is 0 Å². The molecule has 0 saturated heterocycles. The zero-order valence-corrected chi connectivity index (χ0v) is 10.2. The first kappa shape index (κ1) is 5.09. The average molecular weight is 179 g/mol. The average Bonchev–Trinajstić information content (AvgIpc) is 0.811. The minimum absolute atomic E-state index is 0.292. The fourth-order valence-corrected chi connectivity index (χ4v) is 0. The van der Waals surface area contributed by atoms with Gasteiger partial charge in [0, 0.05) is 0 Å². The molecule has 0 aromatic heterocycles. The molecule has 0 aliphatic heterocycles. The molecule has 0 aromatic rings. The molecule has 0 bridgehead atoms. The first-order chi connectivity index (χ1) is 1.73. The molecule has 0 rings (SSSR count). The zero-order chi connectivity index (χ0) is 3.58. The van der Waals surface area contributed by atoms with Gasteiger partial charge in [-0.2, -0.15) is 0 Å². The molecule has 0 atom stereocenters. The molecule has 0 unspecified atom stereocenters. The predicted octanol–water partition coefficient (Wildman–Crippen LogP) is -0.665. The van der Waals surface area contributed by atoms with E-state index in [2.05, 4.69) is 11.5 Å². The van der Waals surface area contributed by atoms with Gasteiger partial charge in [-0.15, -0.1) is 0 Å². The Morgan fingerprint density at radius 2 is 1.50 bits per heavy atom. The maximum atomic E-state index is 2.44. The van der Waals surface area contributed by atoms with Crippen LogP contribution in [-0.4, -0.2) is 26.9 Å². The summed E-state index contributed by atoms with van der Waals surface area (Å²) in [5.41, 5.74) is 0. The van der Waals surface area contributed by atoms with Gasteiger partial charge in [0.05, 0.1) is 0 Å². The van der Waals surface area contributed by atoms with Gasteiger partial charge in [-0.05, 0) is 0 Å². The summed E-state index contributed by atoms with van der Waals surface area (Å²) < 4.78 is 0. The van der Waals surface area contributed by atoms with Crippen molar-refractivity contribution < 1.29 is 0 Å². The van der Waals surface area contributed by atoms with Crippen molar-refractivity contribution in [1.29, 1.82) is 0 Å². The van der Waals surface area contributed by atoms with Crippen LogP contribution in [0.2, 0.25) is 11.5 Å². The van der Waals surface area contributed by atoms with Crippen LogP contribution in [0.25, 0.3) is 0 Å². The van der Waals surface area contributed by atoms with Crippen molar-refractivity contribution in [3.63, 3.8) is 0 Å². The normalized spacial score (nSPS) is 9.75. The van der Waals surface area contributed by atoms with Crippen molar-refractivity contribution in [2.24, 2.45) is 0 Å². The SMILES string of the molecule is [CH3][GeH]([CH3])[GeH3]. The van der Waals surface area contributed by atoms with Crippen LogP contribution in [0.3, 0.4) is 0 Å². The molecule has 0 N–H and O–H groups in total. The van der Waals surface area contributed by atoms with Crippen molar-refractivity contribution in [3.05, 3.63) is 0 Å². The Bertz CT molecular complexity index is 8.75. The van der Waals surface area contributed by atoms with E-state index in [9.17, 15) is 0 Å². The molecule has 0 radical (unpaired) electrons. The molecular weight excluding hydrogens is 169 g/mol. The Kier molecular flexibility index (Phi) is 2.96. The van der Waals surface area contributed by atoms with Crippen LogP contribution >= 0.6 is 0 Å². The molecule has 0 amide bonds. The third kappa shape index (κ3) is 11.4. The second-order valence-electron chi connectivity index (χ2n) is 1.73. The third-order valence-electron chi connectivity index (χ3n) is 0. The Hall–Kier alpha value is 1.09. The molecule has 0 aliphatic carbocycles. The molecule has 0 aromatic carbocycles. The van der Waals surface area contributed by atoms with E-state index in [4.69, 9.17) is 0 Å². The quantitative estimate of drug-likeness (QED) is 0.433. The van der Waals surface area contributed by atoms with Gasteiger partial charge in [0.2, 0.25) is 0 Å². The van der Waals surface area contributed by atoms with Crippen LogP contribution in [0.4, 0.5) is 0 Å². The van der Waals surface area contributed by atoms with Gasteiger partial charge in [-0.1, -0.05) is 0 Å².